The molecular formula is C6H6N2O. The Hall–Kier alpha value is -1.35. The third kappa shape index (κ3) is 4.50. The van der Waals surface area contributed by atoms with Crippen molar-refractivity contribution in [3.8, 4) is 12.1 Å². The maximum Gasteiger partial charge on any atom is 0.147 e. The third-order valence-electron chi connectivity index (χ3n) is 0.792. The van der Waals surface area contributed by atoms with Gasteiger partial charge in [0.2, 0.25) is 0 Å². The SMILES string of the molecule is N#CCCC(=O)CC#N. The van der Waals surface area contributed by atoms with Crippen LogP contribution in [0.2, 0.25) is 0 Å². The normalized spacial score (nSPS) is 7.33. The number of carbonyl (C=O) groups is 1. The van der Waals surface area contributed by atoms with Crippen LogP contribution in [-0.2, 0) is 4.79 Å². The Morgan fingerprint density at radius 2 is 2.00 bits per heavy atom. The van der Waals surface area contributed by atoms with Gasteiger partial charge in [0.25, 0.3) is 0 Å². The van der Waals surface area contributed by atoms with E-state index in [2.05, 4.69) is 0 Å². The van der Waals surface area contributed by atoms with E-state index in [0.717, 1.165) is 0 Å². The van der Waals surface area contributed by atoms with Crippen molar-refractivity contribution in [2.24, 2.45) is 0 Å². The van der Waals surface area contributed by atoms with E-state index < -0.39 is 0 Å². The fraction of sp³-hybridized carbons (Fsp3) is 0.500. The Kier molecular flexibility index (Phi) is 4.08. The van der Waals surface area contributed by atoms with Crippen LogP contribution in [0.4, 0.5) is 0 Å². The molecule has 0 aliphatic carbocycles. The second kappa shape index (κ2) is 4.80. The molecule has 0 N–H and O–H groups in total. The van der Waals surface area contributed by atoms with Crippen molar-refractivity contribution < 1.29 is 4.79 Å². The number of nitriles is 2. The molecular weight excluding hydrogens is 116 g/mol. The molecule has 0 rings (SSSR count). The molecule has 0 saturated heterocycles. The summed E-state index contributed by atoms with van der Waals surface area (Å²) in [6.07, 6.45) is 0.367. The van der Waals surface area contributed by atoms with Crippen LogP contribution in [0.25, 0.3) is 0 Å². The number of nitrogens with zero attached hydrogens (tertiary/aromatic N) is 2. The summed E-state index contributed by atoms with van der Waals surface area (Å²) in [5, 5.41) is 16.0. The van der Waals surface area contributed by atoms with E-state index in [4.69, 9.17) is 10.5 Å². The van der Waals surface area contributed by atoms with Gasteiger partial charge in [0.05, 0.1) is 18.6 Å². The molecule has 0 aliphatic rings. The molecule has 0 fully saturated rings. The van der Waals surface area contributed by atoms with Gasteiger partial charge in [0, 0.05) is 12.8 Å². The monoisotopic (exact) mass is 122 g/mol. The third-order valence-corrected chi connectivity index (χ3v) is 0.792. The summed E-state index contributed by atoms with van der Waals surface area (Å²) in [5.41, 5.74) is 0. The van der Waals surface area contributed by atoms with Gasteiger partial charge >= 0.3 is 0 Å². The van der Waals surface area contributed by atoms with Crippen LogP contribution in [0.3, 0.4) is 0 Å². The summed E-state index contributed by atoms with van der Waals surface area (Å²) in [7, 11) is 0. The van der Waals surface area contributed by atoms with E-state index in [1.807, 2.05) is 6.07 Å². The fourth-order valence-corrected chi connectivity index (χ4v) is 0.372. The average molecular weight is 122 g/mol. The summed E-state index contributed by atoms with van der Waals surface area (Å²) in [5.74, 6) is -0.154. The Labute approximate surface area is 53.5 Å². The lowest BCUT2D eigenvalue weighted by Gasteiger charge is -1.84. The van der Waals surface area contributed by atoms with Gasteiger partial charge in [0.1, 0.15) is 5.78 Å². The number of hydrogen-bond donors (Lipinski definition) is 0. The highest BCUT2D eigenvalue weighted by atomic mass is 16.1. The van der Waals surface area contributed by atoms with Crippen molar-refractivity contribution in [1.82, 2.24) is 0 Å². The van der Waals surface area contributed by atoms with E-state index >= 15 is 0 Å². The van der Waals surface area contributed by atoms with E-state index in [0.29, 0.717) is 0 Å². The van der Waals surface area contributed by atoms with Crippen molar-refractivity contribution in [2.45, 2.75) is 19.3 Å². The standard InChI is InChI=1S/C6H6N2O/c7-4-1-2-6(9)3-5-8/h1-3H2. The Morgan fingerprint density at radius 1 is 1.33 bits per heavy atom. The van der Waals surface area contributed by atoms with E-state index in [1.54, 1.807) is 6.07 Å². The van der Waals surface area contributed by atoms with E-state index in [1.165, 1.54) is 0 Å². The lowest BCUT2D eigenvalue weighted by atomic mass is 10.2. The minimum atomic E-state index is -0.154. The number of hydrogen-bond acceptors (Lipinski definition) is 3. The maximum atomic E-state index is 10.4. The highest BCUT2D eigenvalue weighted by molar-refractivity contribution is 5.80. The number of Topliss-reactive ketones (excluding diaryl/α,β-unsaturated/α-hetero) is 1. The van der Waals surface area contributed by atoms with Crippen LogP contribution in [0.1, 0.15) is 19.3 Å². The predicted octanol–water partition coefficient (Wildman–Crippen LogP) is 0.773. The van der Waals surface area contributed by atoms with Crippen LogP contribution in [0.5, 0.6) is 0 Å². The van der Waals surface area contributed by atoms with Crippen LogP contribution in [0, 0.1) is 22.7 Å². The zero-order chi connectivity index (χ0) is 7.11. The second-order valence-corrected chi connectivity index (χ2v) is 1.53. The first kappa shape index (κ1) is 7.65. The van der Waals surface area contributed by atoms with Crippen molar-refractivity contribution in [2.75, 3.05) is 0 Å². The first-order valence-electron chi connectivity index (χ1n) is 2.57. The molecule has 0 unspecified atom stereocenters. The molecule has 0 bridgehead atoms. The van der Waals surface area contributed by atoms with Gasteiger partial charge in [0.15, 0.2) is 0 Å². The number of ketones is 1. The number of rotatable bonds is 3. The quantitative estimate of drug-likeness (QED) is 0.555. The molecule has 46 valence electrons. The summed E-state index contributed by atoms with van der Waals surface area (Å²) in [6.45, 7) is 0. The zero-order valence-electron chi connectivity index (χ0n) is 4.92. The molecule has 0 spiro atoms. The Balaban J connectivity index is 3.33. The smallest absolute Gasteiger partial charge is 0.147 e. The molecule has 0 radical (unpaired) electrons. The van der Waals surface area contributed by atoms with E-state index in [9.17, 15) is 4.79 Å². The average Bonchev–Trinajstić information content (AvgIpc) is 1.85. The molecule has 0 aromatic rings. The molecule has 9 heavy (non-hydrogen) atoms. The lowest BCUT2D eigenvalue weighted by Crippen LogP contribution is -1.93. The predicted molar refractivity (Wildman–Crippen MR) is 30.1 cm³/mol. The zero-order valence-corrected chi connectivity index (χ0v) is 4.92. The van der Waals surface area contributed by atoms with Gasteiger partial charge in [-0.25, -0.2) is 0 Å². The van der Waals surface area contributed by atoms with Gasteiger partial charge in [-0.2, -0.15) is 10.5 Å². The Morgan fingerprint density at radius 3 is 2.44 bits per heavy atom. The van der Waals surface area contributed by atoms with E-state index in [-0.39, 0.29) is 25.0 Å². The molecule has 0 atom stereocenters. The van der Waals surface area contributed by atoms with Crippen molar-refractivity contribution in [1.29, 1.82) is 10.5 Å². The molecule has 3 nitrogen and oxygen atoms in total. The molecule has 0 amide bonds. The molecule has 0 aliphatic heterocycles. The topological polar surface area (TPSA) is 64.7 Å². The summed E-state index contributed by atoms with van der Waals surface area (Å²) < 4.78 is 0. The number of carbonyl (C=O) groups excluding carboxylic acids is 1. The highest BCUT2D eigenvalue weighted by Crippen LogP contribution is 1.91. The van der Waals surface area contributed by atoms with Crippen molar-refractivity contribution in [3.05, 3.63) is 0 Å². The van der Waals surface area contributed by atoms with Crippen molar-refractivity contribution in [3.63, 3.8) is 0 Å². The summed E-state index contributed by atoms with van der Waals surface area (Å²) in [6, 6.07) is 3.54. The van der Waals surface area contributed by atoms with Crippen LogP contribution < -0.4 is 0 Å². The molecule has 0 saturated carbocycles. The molecule has 0 heterocycles. The van der Waals surface area contributed by atoms with Gasteiger partial charge in [-0.1, -0.05) is 0 Å². The van der Waals surface area contributed by atoms with Gasteiger partial charge in [-0.05, 0) is 0 Å². The second-order valence-electron chi connectivity index (χ2n) is 1.53. The minimum Gasteiger partial charge on any atom is -0.299 e. The van der Waals surface area contributed by atoms with Crippen LogP contribution >= 0.6 is 0 Å². The lowest BCUT2D eigenvalue weighted by molar-refractivity contribution is -0.118. The van der Waals surface area contributed by atoms with Crippen molar-refractivity contribution >= 4 is 5.78 Å². The van der Waals surface area contributed by atoms with Gasteiger partial charge in [-0.15, -0.1) is 0 Å². The maximum absolute atomic E-state index is 10.4. The summed E-state index contributed by atoms with van der Waals surface area (Å²) in [4.78, 5) is 10.4. The Bertz CT molecular complexity index is 172. The highest BCUT2D eigenvalue weighted by Gasteiger charge is 1.97. The molecule has 3 heteroatoms. The van der Waals surface area contributed by atoms with Crippen LogP contribution in [-0.4, -0.2) is 5.78 Å². The van der Waals surface area contributed by atoms with Gasteiger partial charge < -0.3 is 0 Å². The minimum absolute atomic E-state index is 0.0678. The fourth-order valence-electron chi connectivity index (χ4n) is 0.372. The van der Waals surface area contributed by atoms with Gasteiger partial charge in [-0.3, -0.25) is 4.79 Å². The van der Waals surface area contributed by atoms with Crippen LogP contribution in [0.15, 0.2) is 0 Å². The first-order chi connectivity index (χ1) is 4.31. The molecule has 0 aromatic heterocycles. The summed E-state index contributed by atoms with van der Waals surface area (Å²) >= 11 is 0. The molecule has 0 aromatic carbocycles. The largest absolute Gasteiger partial charge is 0.299 e. The first-order valence-corrected chi connectivity index (χ1v) is 2.57.